The Morgan fingerprint density at radius 2 is 1.70 bits per heavy atom. The molecule has 8 heteroatoms. The van der Waals surface area contributed by atoms with Gasteiger partial charge in [-0.3, -0.25) is 14.5 Å². The van der Waals surface area contributed by atoms with Crippen LogP contribution in [0.5, 0.6) is 0 Å². The van der Waals surface area contributed by atoms with E-state index >= 15 is 0 Å². The second kappa shape index (κ2) is 6.92. The molecule has 2 amide bonds. The maximum Gasteiger partial charge on any atom is 0.231 e. The number of nitrogens with zero attached hydrogens (tertiary/aromatic N) is 1. The van der Waals surface area contributed by atoms with Crippen molar-refractivity contribution < 1.29 is 14.0 Å². The number of hydrogen-bond donors (Lipinski definition) is 3. The standard InChI is InChI=1S/C12H15FN4O2S/c13-9-3-7(12(16)20)1-2-8(9)4-17(5-10(14)18)6-11(15)19/h1-3H,4-6H2,(H2,14,18)(H2,15,19)(H2,16,20). The molecule has 0 bridgehead atoms. The van der Waals surface area contributed by atoms with Crippen molar-refractivity contribution in [2.24, 2.45) is 17.2 Å². The third-order valence-corrected chi connectivity index (χ3v) is 2.73. The van der Waals surface area contributed by atoms with Crippen LogP contribution in [0.3, 0.4) is 0 Å². The van der Waals surface area contributed by atoms with Crippen LogP contribution in [0, 0.1) is 5.82 Å². The zero-order valence-electron chi connectivity index (χ0n) is 10.6. The van der Waals surface area contributed by atoms with Gasteiger partial charge in [-0.1, -0.05) is 24.4 Å². The third kappa shape index (κ3) is 4.90. The minimum absolute atomic E-state index is 0.0231. The molecule has 0 spiro atoms. The molecule has 0 unspecified atom stereocenters. The largest absolute Gasteiger partial charge is 0.389 e. The van der Waals surface area contributed by atoms with Crippen molar-refractivity contribution in [1.29, 1.82) is 0 Å². The quantitative estimate of drug-likeness (QED) is 0.572. The maximum absolute atomic E-state index is 13.9. The molecule has 1 aromatic rings. The second-order valence-corrected chi connectivity index (χ2v) is 4.69. The van der Waals surface area contributed by atoms with Gasteiger partial charge in [0.2, 0.25) is 11.8 Å². The molecular weight excluding hydrogens is 283 g/mol. The van der Waals surface area contributed by atoms with Crippen molar-refractivity contribution in [2.45, 2.75) is 6.54 Å². The van der Waals surface area contributed by atoms with Crippen LogP contribution in [0.4, 0.5) is 4.39 Å². The van der Waals surface area contributed by atoms with Gasteiger partial charge in [0.25, 0.3) is 0 Å². The lowest BCUT2D eigenvalue weighted by atomic mass is 10.1. The minimum atomic E-state index is -0.633. The molecule has 1 aromatic carbocycles. The molecular formula is C12H15FN4O2S. The Kier molecular flexibility index (Phi) is 5.53. The molecule has 0 aliphatic rings. The predicted octanol–water partition coefficient (Wildman–Crippen LogP) is -0.767. The van der Waals surface area contributed by atoms with Gasteiger partial charge in [0.15, 0.2) is 0 Å². The number of benzene rings is 1. The number of halogens is 1. The van der Waals surface area contributed by atoms with Gasteiger partial charge in [-0.2, -0.15) is 0 Å². The summed E-state index contributed by atoms with van der Waals surface area (Å²) >= 11 is 4.75. The van der Waals surface area contributed by atoms with E-state index in [1.807, 2.05) is 0 Å². The molecule has 6 N–H and O–H groups in total. The molecule has 6 nitrogen and oxygen atoms in total. The molecule has 0 radical (unpaired) electrons. The van der Waals surface area contributed by atoms with Gasteiger partial charge in [0, 0.05) is 17.7 Å². The van der Waals surface area contributed by atoms with Crippen LogP contribution >= 0.6 is 12.2 Å². The fourth-order valence-electron chi connectivity index (χ4n) is 1.68. The number of carbonyl (C=O) groups is 2. The first-order valence-electron chi connectivity index (χ1n) is 5.66. The lowest BCUT2D eigenvalue weighted by molar-refractivity contribution is -0.122. The molecule has 0 fully saturated rings. The number of carbonyl (C=O) groups excluding carboxylic acids is 2. The van der Waals surface area contributed by atoms with Crippen molar-refractivity contribution in [3.63, 3.8) is 0 Å². The van der Waals surface area contributed by atoms with E-state index in [1.165, 1.54) is 17.0 Å². The summed E-state index contributed by atoms with van der Waals surface area (Å²) in [5.41, 5.74) is 16.2. The summed E-state index contributed by atoms with van der Waals surface area (Å²) in [4.78, 5) is 23.3. The summed E-state index contributed by atoms with van der Waals surface area (Å²) in [5.74, 6) is -1.80. The number of rotatable bonds is 7. The fourth-order valence-corrected chi connectivity index (χ4v) is 1.81. The summed E-state index contributed by atoms with van der Waals surface area (Å²) in [5, 5.41) is 0. The van der Waals surface area contributed by atoms with Crippen LogP contribution < -0.4 is 17.2 Å². The maximum atomic E-state index is 13.9. The topological polar surface area (TPSA) is 115 Å². The van der Waals surface area contributed by atoms with Gasteiger partial charge in [-0.15, -0.1) is 0 Å². The molecule has 0 aliphatic heterocycles. The van der Waals surface area contributed by atoms with E-state index in [0.717, 1.165) is 0 Å². The van der Waals surface area contributed by atoms with Gasteiger partial charge < -0.3 is 17.2 Å². The number of thiocarbonyl (C=S) groups is 1. The summed E-state index contributed by atoms with van der Waals surface area (Å²) in [6, 6.07) is 4.25. The normalized spacial score (nSPS) is 10.5. The van der Waals surface area contributed by atoms with Crippen LogP contribution in [-0.2, 0) is 16.1 Å². The molecule has 0 saturated heterocycles. The van der Waals surface area contributed by atoms with Crippen molar-refractivity contribution in [1.82, 2.24) is 4.90 Å². The Morgan fingerprint density at radius 3 is 2.10 bits per heavy atom. The van der Waals surface area contributed by atoms with Crippen LogP contribution in [0.2, 0.25) is 0 Å². The van der Waals surface area contributed by atoms with Crippen LogP contribution in [-0.4, -0.2) is 34.8 Å². The highest BCUT2D eigenvalue weighted by atomic mass is 32.1. The molecule has 0 heterocycles. The second-order valence-electron chi connectivity index (χ2n) is 4.25. The Bertz CT molecular complexity index is 534. The first-order chi connectivity index (χ1) is 9.29. The minimum Gasteiger partial charge on any atom is -0.389 e. The van der Waals surface area contributed by atoms with E-state index in [4.69, 9.17) is 29.4 Å². The van der Waals surface area contributed by atoms with Crippen molar-refractivity contribution in [2.75, 3.05) is 13.1 Å². The molecule has 0 aromatic heterocycles. The van der Waals surface area contributed by atoms with E-state index in [-0.39, 0.29) is 30.2 Å². The molecule has 1 rings (SSSR count). The molecule has 108 valence electrons. The summed E-state index contributed by atoms with van der Waals surface area (Å²) < 4.78 is 13.9. The Hall–Kier alpha value is -2.06. The number of amides is 2. The van der Waals surface area contributed by atoms with Crippen LogP contribution in [0.1, 0.15) is 11.1 Å². The van der Waals surface area contributed by atoms with Gasteiger partial charge in [0.05, 0.1) is 13.1 Å². The fraction of sp³-hybridized carbons (Fsp3) is 0.250. The lowest BCUT2D eigenvalue weighted by Gasteiger charge is -2.19. The van der Waals surface area contributed by atoms with Crippen LogP contribution in [0.15, 0.2) is 18.2 Å². The first-order valence-corrected chi connectivity index (χ1v) is 6.07. The van der Waals surface area contributed by atoms with E-state index in [2.05, 4.69) is 0 Å². The zero-order valence-corrected chi connectivity index (χ0v) is 11.5. The molecule has 0 atom stereocenters. The van der Waals surface area contributed by atoms with Crippen molar-refractivity contribution >= 4 is 29.0 Å². The number of hydrogen-bond acceptors (Lipinski definition) is 4. The zero-order chi connectivity index (χ0) is 15.3. The predicted molar refractivity (Wildman–Crippen MR) is 76.0 cm³/mol. The molecule has 0 saturated carbocycles. The first kappa shape index (κ1) is 16.0. The van der Waals surface area contributed by atoms with Crippen LogP contribution in [0.25, 0.3) is 0 Å². The van der Waals surface area contributed by atoms with Crippen molar-refractivity contribution in [3.8, 4) is 0 Å². The van der Waals surface area contributed by atoms with Crippen molar-refractivity contribution in [3.05, 3.63) is 35.1 Å². The Morgan fingerprint density at radius 1 is 1.15 bits per heavy atom. The van der Waals surface area contributed by atoms with Gasteiger partial charge in [-0.25, -0.2) is 4.39 Å². The van der Waals surface area contributed by atoms with E-state index in [0.29, 0.717) is 5.56 Å². The smallest absolute Gasteiger partial charge is 0.231 e. The summed E-state index contributed by atoms with van der Waals surface area (Å²) in [7, 11) is 0. The average molecular weight is 298 g/mol. The Balaban J connectivity index is 2.90. The molecule has 0 aliphatic carbocycles. The highest BCUT2D eigenvalue weighted by molar-refractivity contribution is 7.80. The highest BCUT2D eigenvalue weighted by Crippen LogP contribution is 2.13. The Labute approximate surface area is 120 Å². The van der Waals surface area contributed by atoms with E-state index in [9.17, 15) is 14.0 Å². The third-order valence-electron chi connectivity index (χ3n) is 2.49. The molecule has 20 heavy (non-hydrogen) atoms. The monoisotopic (exact) mass is 298 g/mol. The van der Waals surface area contributed by atoms with Gasteiger partial charge in [0.1, 0.15) is 10.8 Å². The van der Waals surface area contributed by atoms with E-state index < -0.39 is 17.6 Å². The summed E-state index contributed by atoms with van der Waals surface area (Å²) in [6.45, 7) is -0.367. The van der Waals surface area contributed by atoms with E-state index in [1.54, 1.807) is 6.07 Å². The number of primary amides is 2. The summed E-state index contributed by atoms with van der Waals surface area (Å²) in [6.07, 6.45) is 0. The van der Waals surface area contributed by atoms with Gasteiger partial charge >= 0.3 is 0 Å². The highest BCUT2D eigenvalue weighted by Gasteiger charge is 2.14. The van der Waals surface area contributed by atoms with Gasteiger partial charge in [-0.05, 0) is 6.07 Å². The number of nitrogens with two attached hydrogens (primary N) is 3. The average Bonchev–Trinajstić information content (AvgIpc) is 2.29. The SMILES string of the molecule is NC(=O)CN(CC(N)=O)Cc1ccc(C(N)=S)cc1F. The lowest BCUT2D eigenvalue weighted by Crippen LogP contribution is -2.39.